The average Bonchev–Trinajstić information content (AvgIpc) is 1.54. The van der Waals surface area contributed by atoms with Crippen LogP contribution in [-0.2, 0) is 19.5 Å². The zero-order valence-corrected chi connectivity index (χ0v) is 17.3. The van der Waals surface area contributed by atoms with Gasteiger partial charge in [-0.1, -0.05) is 0 Å². The van der Waals surface area contributed by atoms with Crippen molar-refractivity contribution in [2.75, 3.05) is 0 Å². The number of hydrogen-bond donors (Lipinski definition) is 0. The Labute approximate surface area is 129 Å². The van der Waals surface area contributed by atoms with Gasteiger partial charge in [0, 0.05) is 0 Å². The van der Waals surface area contributed by atoms with Gasteiger partial charge in [-0.05, 0) is 0 Å². The minimum absolute atomic E-state index is 0. The normalized spacial score (nSPS) is 7.20. The van der Waals surface area contributed by atoms with Crippen molar-refractivity contribution in [1.82, 2.24) is 0 Å². The van der Waals surface area contributed by atoms with E-state index in [1.165, 1.54) is 17.8 Å². The quantitative estimate of drug-likeness (QED) is 0.434. The molecule has 0 saturated carbocycles. The first-order chi connectivity index (χ1) is 5.20. The van der Waals surface area contributed by atoms with Gasteiger partial charge in [0.2, 0.25) is 0 Å². The van der Waals surface area contributed by atoms with Gasteiger partial charge < -0.3 is 25.2 Å². The van der Waals surface area contributed by atoms with Crippen LogP contribution in [0, 0.1) is 25.2 Å². The standard InChI is InChI=1S/3C4H9.CH3.Mg.Zn/c3*1-4(2)3;;;/h3*1-3H3;1H3;;/q4*-1;2*+2. The van der Waals surface area contributed by atoms with Gasteiger partial charge >= 0.3 is 42.5 Å². The molecule has 0 spiro atoms. The monoisotopic (exact) mass is 274 g/mol. The SMILES string of the molecule is C[C-](C)C.C[C-](C)C.C[C-](C)C.[CH3-].[Mg+2].[Zn+2]. The molecule has 86 valence electrons. The van der Waals surface area contributed by atoms with E-state index < -0.39 is 0 Å². The Bertz CT molecular complexity index is 39.0. The Morgan fingerprint density at radius 2 is 0.467 bits per heavy atom. The van der Waals surface area contributed by atoms with Gasteiger partial charge in [0.05, 0.1) is 0 Å². The summed E-state index contributed by atoms with van der Waals surface area (Å²) in [5.74, 6) is 4.25. The number of hydrogen-bond acceptors (Lipinski definition) is 0. The van der Waals surface area contributed by atoms with E-state index in [2.05, 4.69) is 62.3 Å². The smallest absolute Gasteiger partial charge is 0.358 e. The van der Waals surface area contributed by atoms with Crippen LogP contribution in [0.3, 0.4) is 0 Å². The van der Waals surface area contributed by atoms with E-state index >= 15 is 0 Å². The third-order valence-electron chi connectivity index (χ3n) is 0. The maximum atomic E-state index is 2.08. The molecule has 0 rings (SSSR count). The minimum Gasteiger partial charge on any atom is -0.358 e. The maximum absolute atomic E-state index is 2.08. The van der Waals surface area contributed by atoms with E-state index in [1.807, 2.05) is 0 Å². The second-order valence-corrected chi connectivity index (χ2v) is 4.50. The van der Waals surface area contributed by atoms with Gasteiger partial charge in [-0.2, -0.15) is 62.3 Å². The van der Waals surface area contributed by atoms with Crippen molar-refractivity contribution in [3.8, 4) is 0 Å². The van der Waals surface area contributed by atoms with Crippen molar-refractivity contribution in [2.24, 2.45) is 0 Å². The molecule has 15 heavy (non-hydrogen) atoms. The zero-order valence-electron chi connectivity index (χ0n) is 12.9. The van der Waals surface area contributed by atoms with E-state index in [0.29, 0.717) is 0 Å². The number of rotatable bonds is 0. The molecule has 0 aromatic heterocycles. The van der Waals surface area contributed by atoms with Crippen LogP contribution in [0.25, 0.3) is 0 Å². The Hall–Kier alpha value is 1.39. The fraction of sp³-hybridized carbons (Fsp3) is 0.692. The molecule has 0 bridgehead atoms. The van der Waals surface area contributed by atoms with Gasteiger partial charge in [-0.25, -0.2) is 0 Å². The van der Waals surface area contributed by atoms with Crippen molar-refractivity contribution in [3.05, 3.63) is 25.2 Å². The summed E-state index contributed by atoms with van der Waals surface area (Å²) in [4.78, 5) is 0. The predicted molar refractivity (Wildman–Crippen MR) is 73.0 cm³/mol. The predicted octanol–water partition coefficient (Wildman–Crippen LogP) is 4.93. The van der Waals surface area contributed by atoms with Crippen LogP contribution in [0.1, 0.15) is 62.3 Å². The van der Waals surface area contributed by atoms with Crippen LogP contribution in [0.4, 0.5) is 0 Å². The molecule has 0 aromatic carbocycles. The summed E-state index contributed by atoms with van der Waals surface area (Å²) < 4.78 is 0. The molecule has 0 atom stereocenters. The van der Waals surface area contributed by atoms with Crippen LogP contribution in [0.2, 0.25) is 0 Å². The summed E-state index contributed by atoms with van der Waals surface area (Å²) >= 11 is 0. The van der Waals surface area contributed by atoms with Gasteiger partial charge in [0.25, 0.3) is 0 Å². The third-order valence-corrected chi connectivity index (χ3v) is 0. The van der Waals surface area contributed by atoms with E-state index in [4.69, 9.17) is 0 Å². The minimum atomic E-state index is 0. The topological polar surface area (TPSA) is 0 Å². The fourth-order valence-electron chi connectivity index (χ4n) is 0. The Morgan fingerprint density at radius 3 is 0.467 bits per heavy atom. The summed E-state index contributed by atoms with van der Waals surface area (Å²) in [6.07, 6.45) is 0. The van der Waals surface area contributed by atoms with Crippen LogP contribution in [-0.4, -0.2) is 23.1 Å². The molecule has 0 aliphatic carbocycles. The summed E-state index contributed by atoms with van der Waals surface area (Å²) in [5, 5.41) is 0. The molecular weight excluding hydrogens is 246 g/mol. The van der Waals surface area contributed by atoms with Crippen LogP contribution >= 0.6 is 0 Å². The molecule has 0 amide bonds. The average molecular weight is 276 g/mol. The molecule has 0 heterocycles. The van der Waals surface area contributed by atoms with Gasteiger partial charge in [0.15, 0.2) is 0 Å². The van der Waals surface area contributed by atoms with E-state index in [0.717, 1.165) is 0 Å². The van der Waals surface area contributed by atoms with Gasteiger partial charge in [-0.3, -0.25) is 0 Å². The van der Waals surface area contributed by atoms with Crippen molar-refractivity contribution in [3.63, 3.8) is 0 Å². The molecule has 0 aliphatic rings. The third kappa shape index (κ3) is 1430. The van der Waals surface area contributed by atoms with Crippen molar-refractivity contribution in [2.45, 2.75) is 62.3 Å². The summed E-state index contributed by atoms with van der Waals surface area (Å²) in [5.41, 5.74) is 0. The van der Waals surface area contributed by atoms with E-state index in [-0.39, 0.29) is 50.0 Å². The second kappa shape index (κ2) is 29.5. The first-order valence-corrected chi connectivity index (χ1v) is 4.50. The molecule has 0 aromatic rings. The first-order valence-electron chi connectivity index (χ1n) is 4.50. The molecule has 2 heteroatoms. The van der Waals surface area contributed by atoms with Crippen LogP contribution in [0.5, 0.6) is 0 Å². The van der Waals surface area contributed by atoms with Crippen molar-refractivity contribution >= 4 is 23.1 Å². The Morgan fingerprint density at radius 1 is 0.467 bits per heavy atom. The Kier molecular flexibility index (Phi) is 70.8. The van der Waals surface area contributed by atoms with Gasteiger partial charge in [0.1, 0.15) is 0 Å². The molecule has 0 unspecified atom stereocenters. The van der Waals surface area contributed by atoms with E-state index in [1.54, 1.807) is 0 Å². The summed E-state index contributed by atoms with van der Waals surface area (Å²) in [6.45, 7) is 18.8. The van der Waals surface area contributed by atoms with Crippen molar-refractivity contribution < 1.29 is 19.5 Å². The fourth-order valence-corrected chi connectivity index (χ4v) is 0. The Balaban J connectivity index is -0.0000000184. The van der Waals surface area contributed by atoms with Crippen LogP contribution < -0.4 is 0 Å². The molecule has 0 fully saturated rings. The molecule has 0 radical (unpaired) electrons. The molecular formula is C13H30MgZn. The second-order valence-electron chi connectivity index (χ2n) is 4.50. The molecule has 0 saturated heterocycles. The molecule has 0 nitrogen and oxygen atoms in total. The molecule has 0 aliphatic heterocycles. The van der Waals surface area contributed by atoms with Gasteiger partial charge in [-0.15, -0.1) is 0 Å². The largest absolute Gasteiger partial charge is 2.00 e. The first kappa shape index (κ1) is 36.0. The maximum Gasteiger partial charge on any atom is 2.00 e. The van der Waals surface area contributed by atoms with Crippen LogP contribution in [0.15, 0.2) is 0 Å². The summed E-state index contributed by atoms with van der Waals surface area (Å²) in [7, 11) is 0. The summed E-state index contributed by atoms with van der Waals surface area (Å²) in [6, 6.07) is 0. The van der Waals surface area contributed by atoms with E-state index in [9.17, 15) is 0 Å². The van der Waals surface area contributed by atoms with Crippen molar-refractivity contribution in [1.29, 1.82) is 0 Å². The zero-order chi connectivity index (χ0) is 10.7. The molecule has 0 N–H and O–H groups in total.